The van der Waals surface area contributed by atoms with Gasteiger partial charge in [-0.05, 0) is 51.2 Å². The first-order chi connectivity index (χ1) is 5.66. The molecule has 1 rings (SSSR count). The van der Waals surface area contributed by atoms with E-state index < -0.39 is 0 Å². The molecule has 64 valence electrons. The first-order valence-electron chi connectivity index (χ1n) is 4.72. The summed E-state index contributed by atoms with van der Waals surface area (Å²) < 4.78 is 0. The number of allylic oxidation sites excluding steroid dienone is 4. The molecule has 12 heavy (non-hydrogen) atoms. The highest BCUT2D eigenvalue weighted by atomic mass is 14.2. The maximum absolute atomic E-state index is 5.55. The Balaban J connectivity index is 2.87. The van der Waals surface area contributed by atoms with E-state index in [-0.39, 0.29) is 0 Å². The zero-order valence-electron chi connectivity index (χ0n) is 8.41. The van der Waals surface area contributed by atoms with Crippen molar-refractivity contribution in [3.63, 3.8) is 0 Å². The summed E-state index contributed by atoms with van der Waals surface area (Å²) in [6, 6.07) is 0. The first-order valence-corrected chi connectivity index (χ1v) is 4.72. The Morgan fingerprint density at radius 2 is 1.75 bits per heavy atom. The van der Waals surface area contributed by atoms with E-state index in [0.717, 1.165) is 12.7 Å². The summed E-state index contributed by atoms with van der Waals surface area (Å²) in [5.74, 6) is 0. The molecule has 0 aromatic carbocycles. The summed E-state index contributed by atoms with van der Waals surface area (Å²) in [5, 5.41) is 0. The second kappa shape index (κ2) is 3.98. The summed E-state index contributed by atoms with van der Waals surface area (Å²) in [6.07, 6.45) is 4.33. The smallest absolute Gasteiger partial charge is 0.0657 e. The quantitative estimate of drug-likeness (QED) is 0.543. The van der Waals surface area contributed by atoms with Gasteiger partial charge < -0.3 is 0 Å². The molecule has 0 aromatic heterocycles. The molecule has 0 spiro atoms. The van der Waals surface area contributed by atoms with Crippen LogP contribution >= 0.6 is 0 Å². The fourth-order valence-electron chi connectivity index (χ4n) is 1.79. The largest absolute Gasteiger partial charge is 0.0850 e. The van der Waals surface area contributed by atoms with Crippen LogP contribution in [0.15, 0.2) is 22.3 Å². The van der Waals surface area contributed by atoms with E-state index in [1.807, 2.05) is 0 Å². The van der Waals surface area contributed by atoms with Gasteiger partial charge in [-0.15, -0.1) is 0 Å². The van der Waals surface area contributed by atoms with Gasteiger partial charge in [-0.3, -0.25) is 0 Å². The minimum atomic E-state index is 0.791. The molecule has 0 atom stereocenters. The SMILES string of the molecule is [B]CCC1=C(C)C(C)=C(C)CC1. The lowest BCUT2D eigenvalue weighted by Gasteiger charge is -2.20. The molecule has 0 nitrogen and oxygen atoms in total. The van der Waals surface area contributed by atoms with Crippen molar-refractivity contribution in [2.75, 3.05) is 0 Å². The molecule has 1 aliphatic rings. The highest BCUT2D eigenvalue weighted by molar-refractivity contribution is 6.08. The van der Waals surface area contributed by atoms with Crippen LogP contribution in [0.25, 0.3) is 0 Å². The van der Waals surface area contributed by atoms with Crippen LogP contribution in [0.2, 0.25) is 6.32 Å². The van der Waals surface area contributed by atoms with Crippen molar-refractivity contribution in [1.82, 2.24) is 0 Å². The van der Waals surface area contributed by atoms with Crippen molar-refractivity contribution < 1.29 is 0 Å². The topological polar surface area (TPSA) is 0 Å². The molecule has 0 saturated carbocycles. The average molecular weight is 160 g/mol. The first kappa shape index (κ1) is 9.63. The molecule has 2 radical (unpaired) electrons. The van der Waals surface area contributed by atoms with Crippen LogP contribution in [0.1, 0.15) is 40.0 Å². The predicted octanol–water partition coefficient (Wildman–Crippen LogP) is 3.41. The third kappa shape index (κ3) is 1.82. The van der Waals surface area contributed by atoms with Crippen LogP contribution in [-0.4, -0.2) is 7.85 Å². The minimum Gasteiger partial charge on any atom is -0.0850 e. The summed E-state index contributed by atoms with van der Waals surface area (Å²) in [4.78, 5) is 0. The molecule has 0 amide bonds. The molecule has 0 heterocycles. The summed E-state index contributed by atoms with van der Waals surface area (Å²) >= 11 is 0. The van der Waals surface area contributed by atoms with Crippen molar-refractivity contribution in [1.29, 1.82) is 0 Å². The van der Waals surface area contributed by atoms with E-state index in [4.69, 9.17) is 7.85 Å². The van der Waals surface area contributed by atoms with Gasteiger partial charge in [0.2, 0.25) is 0 Å². The summed E-state index contributed by atoms with van der Waals surface area (Å²) in [6.45, 7) is 6.68. The Bertz CT molecular complexity index is 229. The van der Waals surface area contributed by atoms with Gasteiger partial charge in [-0.1, -0.05) is 17.5 Å². The molecule has 1 aliphatic carbocycles. The van der Waals surface area contributed by atoms with E-state index in [1.54, 1.807) is 11.1 Å². The fourth-order valence-corrected chi connectivity index (χ4v) is 1.79. The van der Waals surface area contributed by atoms with Gasteiger partial charge in [-0.2, -0.15) is 0 Å². The van der Waals surface area contributed by atoms with Crippen LogP contribution < -0.4 is 0 Å². The van der Waals surface area contributed by atoms with Crippen molar-refractivity contribution in [2.24, 2.45) is 0 Å². The van der Waals surface area contributed by atoms with E-state index >= 15 is 0 Å². The lowest BCUT2D eigenvalue weighted by Crippen LogP contribution is -2.00. The number of rotatable bonds is 2. The van der Waals surface area contributed by atoms with Crippen molar-refractivity contribution >= 4 is 7.85 Å². The Hall–Kier alpha value is -0.455. The van der Waals surface area contributed by atoms with Crippen molar-refractivity contribution in [3.05, 3.63) is 22.3 Å². The van der Waals surface area contributed by atoms with Gasteiger partial charge in [0.15, 0.2) is 0 Å². The fraction of sp³-hybridized carbons (Fsp3) is 0.636. The highest BCUT2D eigenvalue weighted by Gasteiger charge is 2.11. The van der Waals surface area contributed by atoms with Crippen LogP contribution in [-0.2, 0) is 0 Å². The molecule has 1 heteroatoms. The second-order valence-corrected chi connectivity index (χ2v) is 3.67. The molecule has 0 aromatic rings. The maximum Gasteiger partial charge on any atom is 0.0657 e. The number of hydrogen-bond acceptors (Lipinski definition) is 0. The van der Waals surface area contributed by atoms with Crippen molar-refractivity contribution in [2.45, 2.75) is 46.4 Å². The highest BCUT2D eigenvalue weighted by Crippen LogP contribution is 2.31. The second-order valence-electron chi connectivity index (χ2n) is 3.67. The van der Waals surface area contributed by atoms with Crippen LogP contribution in [0.4, 0.5) is 0 Å². The lowest BCUT2D eigenvalue weighted by molar-refractivity contribution is 0.820. The van der Waals surface area contributed by atoms with Gasteiger partial charge in [0.25, 0.3) is 0 Å². The normalized spacial score (nSPS) is 18.9. The maximum atomic E-state index is 5.55. The van der Waals surface area contributed by atoms with E-state index in [2.05, 4.69) is 20.8 Å². The Labute approximate surface area is 77.2 Å². The van der Waals surface area contributed by atoms with Crippen LogP contribution in [0.3, 0.4) is 0 Å². The zero-order chi connectivity index (χ0) is 9.14. The lowest BCUT2D eigenvalue weighted by atomic mass is 9.83. The van der Waals surface area contributed by atoms with E-state index in [0.29, 0.717) is 0 Å². The molecule has 0 unspecified atom stereocenters. The van der Waals surface area contributed by atoms with Gasteiger partial charge in [0.1, 0.15) is 0 Å². The van der Waals surface area contributed by atoms with Gasteiger partial charge in [0.05, 0.1) is 7.85 Å². The standard InChI is InChI=1S/C11H17B/c1-8-4-5-11(6-7-12)10(3)9(8)2/h4-7H2,1-3H3. The van der Waals surface area contributed by atoms with Crippen LogP contribution in [0.5, 0.6) is 0 Å². The van der Waals surface area contributed by atoms with Gasteiger partial charge >= 0.3 is 0 Å². The molecule has 0 fully saturated rings. The molecule has 0 aliphatic heterocycles. The Morgan fingerprint density at radius 3 is 2.33 bits per heavy atom. The molecular weight excluding hydrogens is 143 g/mol. The molecule has 0 saturated heterocycles. The average Bonchev–Trinajstić information content (AvgIpc) is 2.07. The van der Waals surface area contributed by atoms with E-state index in [1.165, 1.54) is 24.0 Å². The molecule has 0 bridgehead atoms. The monoisotopic (exact) mass is 160 g/mol. The number of hydrogen-bond donors (Lipinski definition) is 0. The molecular formula is C11H17B. The third-order valence-electron chi connectivity index (χ3n) is 2.98. The van der Waals surface area contributed by atoms with Gasteiger partial charge in [-0.25, -0.2) is 0 Å². The van der Waals surface area contributed by atoms with Gasteiger partial charge in [0, 0.05) is 0 Å². The summed E-state index contributed by atoms with van der Waals surface area (Å²) in [7, 11) is 5.55. The Morgan fingerprint density at radius 1 is 1.08 bits per heavy atom. The summed E-state index contributed by atoms with van der Waals surface area (Å²) in [5.41, 5.74) is 6.10. The zero-order valence-corrected chi connectivity index (χ0v) is 8.41. The Kier molecular flexibility index (Phi) is 3.19. The predicted molar refractivity (Wildman–Crippen MR) is 55.5 cm³/mol. The van der Waals surface area contributed by atoms with Crippen LogP contribution in [0, 0.1) is 0 Å². The minimum absolute atomic E-state index is 0.791. The third-order valence-corrected chi connectivity index (χ3v) is 2.98. The van der Waals surface area contributed by atoms with Crippen molar-refractivity contribution in [3.8, 4) is 0 Å². The van der Waals surface area contributed by atoms with E-state index in [9.17, 15) is 0 Å². The molecule has 0 N–H and O–H groups in total.